The third-order valence-corrected chi connectivity index (χ3v) is 2.96. The highest BCUT2D eigenvalue weighted by atomic mass is 79.9. The number of aryl methyl sites for hydroxylation is 1. The van der Waals surface area contributed by atoms with Gasteiger partial charge in [-0.05, 0) is 17.7 Å². The molecule has 0 bridgehead atoms. The molecule has 0 saturated carbocycles. The Morgan fingerprint density at radius 3 is 2.67 bits per heavy atom. The first-order valence-electron chi connectivity index (χ1n) is 5.42. The van der Waals surface area contributed by atoms with Crippen molar-refractivity contribution in [2.75, 3.05) is 5.32 Å². The van der Waals surface area contributed by atoms with E-state index in [1.807, 2.05) is 24.3 Å². The van der Waals surface area contributed by atoms with Crippen LogP contribution in [0.15, 0.2) is 41.0 Å². The molecule has 0 radical (unpaired) electrons. The Morgan fingerprint density at radius 1 is 1.33 bits per heavy atom. The number of nitrogens with one attached hydrogen (secondary N) is 2. The molecular weight excluding hydrogens is 296 g/mol. The van der Waals surface area contributed by atoms with Crippen LogP contribution in [0.25, 0.3) is 0 Å². The molecule has 1 aromatic carbocycles. The zero-order chi connectivity index (χ0) is 13.0. The maximum atomic E-state index is 11.6. The second-order valence-corrected chi connectivity index (χ2v) is 4.69. The van der Waals surface area contributed by atoms with Crippen LogP contribution >= 0.6 is 15.9 Å². The van der Waals surface area contributed by atoms with E-state index in [4.69, 9.17) is 0 Å². The lowest BCUT2D eigenvalue weighted by molar-refractivity contribution is 0.251. The maximum absolute atomic E-state index is 11.6. The SMILES string of the molecule is Cn1nccc1NC(=O)NCc1ccc(Br)cc1. The van der Waals surface area contributed by atoms with Crippen molar-refractivity contribution in [3.8, 4) is 0 Å². The zero-order valence-electron chi connectivity index (χ0n) is 9.85. The molecule has 0 spiro atoms. The smallest absolute Gasteiger partial charge is 0.320 e. The molecule has 2 amide bonds. The van der Waals surface area contributed by atoms with Crippen molar-refractivity contribution >= 4 is 27.8 Å². The summed E-state index contributed by atoms with van der Waals surface area (Å²) < 4.78 is 2.62. The third kappa shape index (κ3) is 3.33. The summed E-state index contributed by atoms with van der Waals surface area (Å²) in [5.74, 6) is 0.656. The van der Waals surface area contributed by atoms with Crippen LogP contribution in [0.1, 0.15) is 5.56 Å². The molecular formula is C12H13BrN4O. The number of benzene rings is 1. The molecule has 6 heteroatoms. The molecule has 1 heterocycles. The predicted molar refractivity (Wildman–Crippen MR) is 73.2 cm³/mol. The molecule has 0 fully saturated rings. The van der Waals surface area contributed by atoms with E-state index < -0.39 is 0 Å². The summed E-state index contributed by atoms with van der Waals surface area (Å²) in [7, 11) is 1.77. The predicted octanol–water partition coefficient (Wildman–Crippen LogP) is 2.50. The van der Waals surface area contributed by atoms with E-state index in [0.717, 1.165) is 10.0 Å². The number of urea groups is 1. The molecule has 2 N–H and O–H groups in total. The van der Waals surface area contributed by atoms with Gasteiger partial charge >= 0.3 is 6.03 Å². The standard InChI is InChI=1S/C12H13BrN4O/c1-17-11(6-7-15-17)16-12(18)14-8-9-2-4-10(13)5-3-9/h2-7H,8H2,1H3,(H2,14,16,18). The van der Waals surface area contributed by atoms with Gasteiger partial charge in [0.05, 0.1) is 6.20 Å². The van der Waals surface area contributed by atoms with Gasteiger partial charge in [0.15, 0.2) is 0 Å². The Morgan fingerprint density at radius 2 is 2.06 bits per heavy atom. The second kappa shape index (κ2) is 5.68. The van der Waals surface area contributed by atoms with Crippen molar-refractivity contribution in [1.82, 2.24) is 15.1 Å². The van der Waals surface area contributed by atoms with Crippen LogP contribution in [0.3, 0.4) is 0 Å². The fourth-order valence-corrected chi connectivity index (χ4v) is 1.71. The highest BCUT2D eigenvalue weighted by molar-refractivity contribution is 9.10. The number of carbonyl (C=O) groups excluding carboxylic acids is 1. The summed E-state index contributed by atoms with van der Waals surface area (Å²) in [5.41, 5.74) is 1.04. The van der Waals surface area contributed by atoms with Crippen LogP contribution in [-0.2, 0) is 13.6 Å². The van der Waals surface area contributed by atoms with E-state index >= 15 is 0 Å². The Labute approximate surface area is 113 Å². The first-order valence-corrected chi connectivity index (χ1v) is 6.22. The van der Waals surface area contributed by atoms with Crippen molar-refractivity contribution in [3.05, 3.63) is 46.6 Å². The molecule has 0 atom stereocenters. The third-order valence-electron chi connectivity index (χ3n) is 2.43. The summed E-state index contributed by atoms with van der Waals surface area (Å²) in [6.45, 7) is 0.483. The van der Waals surface area contributed by atoms with E-state index in [-0.39, 0.29) is 6.03 Å². The number of aromatic nitrogens is 2. The van der Waals surface area contributed by atoms with E-state index in [0.29, 0.717) is 12.4 Å². The average Bonchev–Trinajstić information content (AvgIpc) is 2.74. The lowest BCUT2D eigenvalue weighted by atomic mass is 10.2. The topological polar surface area (TPSA) is 59.0 Å². The van der Waals surface area contributed by atoms with E-state index in [2.05, 4.69) is 31.7 Å². The van der Waals surface area contributed by atoms with Crippen LogP contribution in [0.4, 0.5) is 10.6 Å². The summed E-state index contributed by atoms with van der Waals surface area (Å²) >= 11 is 3.36. The van der Waals surface area contributed by atoms with Crippen LogP contribution in [0.2, 0.25) is 0 Å². The molecule has 18 heavy (non-hydrogen) atoms. The fraction of sp³-hybridized carbons (Fsp3) is 0.167. The molecule has 2 rings (SSSR count). The lowest BCUT2D eigenvalue weighted by Gasteiger charge is -2.07. The van der Waals surface area contributed by atoms with Gasteiger partial charge in [0.1, 0.15) is 5.82 Å². The average molecular weight is 309 g/mol. The van der Waals surface area contributed by atoms with Crippen molar-refractivity contribution < 1.29 is 4.79 Å². The summed E-state index contributed by atoms with van der Waals surface area (Å²) in [6, 6.07) is 9.27. The van der Waals surface area contributed by atoms with Crippen LogP contribution in [-0.4, -0.2) is 15.8 Å². The number of hydrogen-bond donors (Lipinski definition) is 2. The highest BCUT2D eigenvalue weighted by Gasteiger charge is 2.04. The Balaban J connectivity index is 1.85. The van der Waals surface area contributed by atoms with Gasteiger partial charge in [-0.15, -0.1) is 0 Å². The minimum atomic E-state index is -0.249. The van der Waals surface area contributed by atoms with Gasteiger partial charge in [-0.2, -0.15) is 5.10 Å². The largest absolute Gasteiger partial charge is 0.334 e. The molecule has 5 nitrogen and oxygen atoms in total. The minimum absolute atomic E-state index is 0.249. The zero-order valence-corrected chi connectivity index (χ0v) is 11.4. The Hall–Kier alpha value is -1.82. The minimum Gasteiger partial charge on any atom is -0.334 e. The fourth-order valence-electron chi connectivity index (χ4n) is 1.44. The number of halogens is 1. The number of amides is 2. The van der Waals surface area contributed by atoms with Gasteiger partial charge in [0.25, 0.3) is 0 Å². The quantitative estimate of drug-likeness (QED) is 0.915. The lowest BCUT2D eigenvalue weighted by Crippen LogP contribution is -2.29. The van der Waals surface area contributed by atoms with Gasteiger partial charge in [-0.3, -0.25) is 10.00 Å². The number of rotatable bonds is 3. The van der Waals surface area contributed by atoms with E-state index in [1.165, 1.54) is 0 Å². The molecule has 0 aliphatic carbocycles. The summed E-state index contributed by atoms with van der Waals surface area (Å²) in [6.07, 6.45) is 1.63. The molecule has 2 aromatic rings. The van der Waals surface area contributed by atoms with Crippen LogP contribution in [0.5, 0.6) is 0 Å². The van der Waals surface area contributed by atoms with Gasteiger partial charge in [0.2, 0.25) is 0 Å². The molecule has 94 valence electrons. The van der Waals surface area contributed by atoms with Crippen LogP contribution < -0.4 is 10.6 Å². The van der Waals surface area contributed by atoms with Crippen molar-refractivity contribution in [1.29, 1.82) is 0 Å². The first-order chi connectivity index (χ1) is 8.65. The second-order valence-electron chi connectivity index (χ2n) is 3.77. The summed E-state index contributed by atoms with van der Waals surface area (Å²) in [4.78, 5) is 11.6. The monoisotopic (exact) mass is 308 g/mol. The number of nitrogens with zero attached hydrogens (tertiary/aromatic N) is 2. The highest BCUT2D eigenvalue weighted by Crippen LogP contribution is 2.10. The van der Waals surface area contributed by atoms with Gasteiger partial charge in [-0.25, -0.2) is 4.79 Å². The summed E-state index contributed by atoms with van der Waals surface area (Å²) in [5, 5.41) is 9.46. The van der Waals surface area contributed by atoms with E-state index in [9.17, 15) is 4.79 Å². The normalized spacial score (nSPS) is 10.1. The molecule has 0 aliphatic heterocycles. The van der Waals surface area contributed by atoms with Crippen molar-refractivity contribution in [2.24, 2.45) is 7.05 Å². The Bertz CT molecular complexity index is 535. The maximum Gasteiger partial charge on any atom is 0.320 e. The number of hydrogen-bond acceptors (Lipinski definition) is 2. The first kappa shape index (κ1) is 12.6. The molecule has 0 aliphatic rings. The van der Waals surface area contributed by atoms with Crippen molar-refractivity contribution in [2.45, 2.75) is 6.54 Å². The van der Waals surface area contributed by atoms with Gasteiger partial charge in [0, 0.05) is 24.1 Å². The molecule has 0 unspecified atom stereocenters. The van der Waals surface area contributed by atoms with Crippen LogP contribution in [0, 0.1) is 0 Å². The molecule has 0 saturated heterocycles. The van der Waals surface area contributed by atoms with Gasteiger partial charge < -0.3 is 5.32 Å². The molecule has 1 aromatic heterocycles. The number of anilines is 1. The van der Waals surface area contributed by atoms with Crippen molar-refractivity contribution in [3.63, 3.8) is 0 Å². The van der Waals surface area contributed by atoms with Gasteiger partial charge in [-0.1, -0.05) is 28.1 Å². The Kier molecular flexibility index (Phi) is 3.99. The number of carbonyl (C=O) groups is 1. The van der Waals surface area contributed by atoms with E-state index in [1.54, 1.807) is 24.0 Å².